The normalized spacial score (nSPS) is 17.1. The van der Waals surface area contributed by atoms with Gasteiger partial charge in [0.05, 0.1) is 6.10 Å². The minimum Gasteiger partial charge on any atom is -0.381 e. The van der Waals surface area contributed by atoms with Crippen molar-refractivity contribution in [1.82, 2.24) is 9.97 Å². The number of piperidine rings is 1. The molecule has 1 saturated heterocycles. The lowest BCUT2D eigenvalue weighted by atomic mass is 9.95. The molecule has 0 radical (unpaired) electrons. The second-order valence-electron chi connectivity index (χ2n) is 6.77. The van der Waals surface area contributed by atoms with Gasteiger partial charge in [0, 0.05) is 38.2 Å². The third-order valence-corrected chi connectivity index (χ3v) is 4.10. The molecule has 2 rings (SSSR count). The van der Waals surface area contributed by atoms with Crippen LogP contribution < -0.4 is 10.2 Å². The lowest BCUT2D eigenvalue weighted by Gasteiger charge is -2.34. The van der Waals surface area contributed by atoms with Gasteiger partial charge in [0.1, 0.15) is 17.5 Å². The Morgan fingerprint density at radius 1 is 1.19 bits per heavy atom. The number of nitrogens with zero attached hydrogens (tertiary/aromatic N) is 3. The maximum absolute atomic E-state index is 5.46. The van der Waals surface area contributed by atoms with E-state index < -0.39 is 0 Å². The van der Waals surface area contributed by atoms with Crippen molar-refractivity contribution in [3.63, 3.8) is 0 Å². The van der Waals surface area contributed by atoms with Gasteiger partial charge in [-0.1, -0.05) is 20.8 Å². The molecule has 1 fully saturated rings. The van der Waals surface area contributed by atoms with Crippen LogP contribution in [-0.2, 0) is 10.2 Å². The van der Waals surface area contributed by atoms with Crippen LogP contribution in [0.2, 0.25) is 0 Å². The average molecular weight is 292 g/mol. The Bertz CT molecular complexity index is 488. The molecule has 0 atom stereocenters. The molecular formula is C16H28N4O. The number of anilines is 2. The highest BCUT2D eigenvalue weighted by Gasteiger charge is 2.25. The molecule has 21 heavy (non-hydrogen) atoms. The molecule has 0 saturated carbocycles. The van der Waals surface area contributed by atoms with E-state index in [1.165, 1.54) is 0 Å². The topological polar surface area (TPSA) is 50.3 Å². The largest absolute Gasteiger partial charge is 0.381 e. The molecule has 1 aliphatic heterocycles. The molecule has 1 aromatic heterocycles. The van der Waals surface area contributed by atoms with Crippen LogP contribution in [0.1, 0.15) is 45.0 Å². The molecule has 0 aliphatic carbocycles. The molecule has 1 aliphatic rings. The number of aromatic nitrogens is 2. The standard InChI is InChI=1S/C16H28N4O/c1-11-13(17-5)18-15(16(2,3)4)19-14(11)20-9-7-12(21-6)8-10-20/h12H,7-10H2,1-6H3,(H,17,18,19). The predicted molar refractivity (Wildman–Crippen MR) is 87.3 cm³/mol. The van der Waals surface area contributed by atoms with E-state index in [0.29, 0.717) is 6.10 Å². The van der Waals surface area contributed by atoms with Gasteiger partial charge >= 0.3 is 0 Å². The van der Waals surface area contributed by atoms with E-state index in [2.05, 4.69) is 42.9 Å². The van der Waals surface area contributed by atoms with Gasteiger partial charge in [0.15, 0.2) is 0 Å². The molecule has 1 aromatic rings. The molecule has 0 spiro atoms. The molecular weight excluding hydrogens is 264 g/mol. The van der Waals surface area contributed by atoms with Crippen molar-refractivity contribution in [3.8, 4) is 0 Å². The SMILES string of the molecule is CNc1nc(C(C)(C)C)nc(N2CCC(OC)CC2)c1C. The highest BCUT2D eigenvalue weighted by atomic mass is 16.5. The third kappa shape index (κ3) is 3.46. The quantitative estimate of drug-likeness (QED) is 0.928. The molecule has 0 amide bonds. The van der Waals surface area contributed by atoms with Gasteiger partial charge in [0.2, 0.25) is 0 Å². The van der Waals surface area contributed by atoms with Crippen molar-refractivity contribution in [1.29, 1.82) is 0 Å². The zero-order valence-electron chi connectivity index (χ0n) is 14.2. The first-order chi connectivity index (χ1) is 9.86. The Balaban J connectivity index is 2.34. The van der Waals surface area contributed by atoms with Crippen molar-refractivity contribution in [2.45, 2.75) is 52.1 Å². The number of hydrogen-bond donors (Lipinski definition) is 1. The number of hydrogen-bond acceptors (Lipinski definition) is 5. The van der Waals surface area contributed by atoms with Crippen molar-refractivity contribution >= 4 is 11.6 Å². The van der Waals surface area contributed by atoms with E-state index in [9.17, 15) is 0 Å². The van der Waals surface area contributed by atoms with Crippen LogP contribution in [0.25, 0.3) is 0 Å². The van der Waals surface area contributed by atoms with Gasteiger partial charge in [-0.25, -0.2) is 9.97 Å². The van der Waals surface area contributed by atoms with E-state index in [1.54, 1.807) is 7.11 Å². The third-order valence-electron chi connectivity index (χ3n) is 4.10. The fraction of sp³-hybridized carbons (Fsp3) is 0.750. The first-order valence-electron chi connectivity index (χ1n) is 7.71. The second-order valence-corrected chi connectivity index (χ2v) is 6.77. The van der Waals surface area contributed by atoms with Gasteiger partial charge in [-0.3, -0.25) is 0 Å². The van der Waals surface area contributed by atoms with E-state index in [4.69, 9.17) is 9.72 Å². The van der Waals surface area contributed by atoms with Crippen LogP contribution >= 0.6 is 0 Å². The van der Waals surface area contributed by atoms with Gasteiger partial charge in [-0.15, -0.1) is 0 Å². The fourth-order valence-electron chi connectivity index (χ4n) is 2.69. The summed E-state index contributed by atoms with van der Waals surface area (Å²) in [6.45, 7) is 10.5. The monoisotopic (exact) mass is 292 g/mol. The van der Waals surface area contributed by atoms with Crippen LogP contribution in [0.5, 0.6) is 0 Å². The zero-order chi connectivity index (χ0) is 15.6. The first-order valence-corrected chi connectivity index (χ1v) is 7.71. The Hall–Kier alpha value is -1.36. The zero-order valence-corrected chi connectivity index (χ0v) is 14.2. The molecule has 1 N–H and O–H groups in total. The average Bonchev–Trinajstić information content (AvgIpc) is 2.46. The summed E-state index contributed by atoms with van der Waals surface area (Å²) in [5, 5.41) is 3.20. The molecule has 2 heterocycles. The van der Waals surface area contributed by atoms with Gasteiger partial charge in [-0.05, 0) is 19.8 Å². The van der Waals surface area contributed by atoms with Crippen LogP contribution in [0.4, 0.5) is 11.6 Å². The second kappa shape index (κ2) is 6.18. The van der Waals surface area contributed by atoms with Crippen molar-refractivity contribution in [3.05, 3.63) is 11.4 Å². The summed E-state index contributed by atoms with van der Waals surface area (Å²) in [5.74, 6) is 2.88. The van der Waals surface area contributed by atoms with Gasteiger partial charge in [0.25, 0.3) is 0 Å². The van der Waals surface area contributed by atoms with Crippen LogP contribution in [0, 0.1) is 6.92 Å². The Kier molecular flexibility index (Phi) is 4.71. The van der Waals surface area contributed by atoms with E-state index in [1.807, 2.05) is 7.05 Å². The molecule has 118 valence electrons. The number of ether oxygens (including phenoxy) is 1. The highest BCUT2D eigenvalue weighted by molar-refractivity contribution is 5.59. The van der Waals surface area contributed by atoms with E-state index in [0.717, 1.165) is 49.0 Å². The highest BCUT2D eigenvalue weighted by Crippen LogP contribution is 2.30. The summed E-state index contributed by atoms with van der Waals surface area (Å²) in [4.78, 5) is 11.9. The van der Waals surface area contributed by atoms with E-state index >= 15 is 0 Å². The summed E-state index contributed by atoms with van der Waals surface area (Å²) in [6, 6.07) is 0. The number of nitrogens with one attached hydrogen (secondary N) is 1. The number of rotatable bonds is 3. The fourth-order valence-corrected chi connectivity index (χ4v) is 2.69. The first kappa shape index (κ1) is 16.0. The molecule has 0 unspecified atom stereocenters. The summed E-state index contributed by atoms with van der Waals surface area (Å²) in [5.41, 5.74) is 1.07. The minimum atomic E-state index is -0.0566. The maximum atomic E-state index is 5.46. The Morgan fingerprint density at radius 2 is 1.81 bits per heavy atom. The minimum absolute atomic E-state index is 0.0566. The Labute approximate surface area is 128 Å². The summed E-state index contributed by atoms with van der Waals surface area (Å²) < 4.78 is 5.46. The van der Waals surface area contributed by atoms with Gasteiger partial charge in [-0.2, -0.15) is 0 Å². The van der Waals surface area contributed by atoms with Crippen molar-refractivity contribution in [2.24, 2.45) is 0 Å². The number of methoxy groups -OCH3 is 1. The Morgan fingerprint density at radius 3 is 2.29 bits per heavy atom. The smallest absolute Gasteiger partial charge is 0.138 e. The molecule has 5 heteroatoms. The van der Waals surface area contributed by atoms with Crippen LogP contribution in [0.3, 0.4) is 0 Å². The summed E-state index contributed by atoms with van der Waals surface area (Å²) >= 11 is 0. The lowest BCUT2D eigenvalue weighted by Crippen LogP contribution is -2.38. The van der Waals surface area contributed by atoms with Crippen molar-refractivity contribution in [2.75, 3.05) is 37.5 Å². The predicted octanol–water partition coefficient (Wildman–Crippen LogP) is 2.74. The van der Waals surface area contributed by atoms with Crippen LogP contribution in [0.15, 0.2) is 0 Å². The summed E-state index contributed by atoms with van der Waals surface area (Å²) in [6.07, 6.45) is 2.49. The molecule has 5 nitrogen and oxygen atoms in total. The lowest BCUT2D eigenvalue weighted by molar-refractivity contribution is 0.0817. The van der Waals surface area contributed by atoms with E-state index in [-0.39, 0.29) is 5.41 Å². The van der Waals surface area contributed by atoms with Gasteiger partial charge < -0.3 is 15.0 Å². The van der Waals surface area contributed by atoms with Crippen molar-refractivity contribution < 1.29 is 4.74 Å². The molecule has 0 bridgehead atoms. The maximum Gasteiger partial charge on any atom is 0.138 e. The molecule has 0 aromatic carbocycles. The summed E-state index contributed by atoms with van der Waals surface area (Å²) in [7, 11) is 3.72. The van der Waals surface area contributed by atoms with Crippen LogP contribution in [-0.4, -0.2) is 43.3 Å².